The molecule has 0 fully saturated rings. The van der Waals surface area contributed by atoms with Crippen LogP contribution in [0.3, 0.4) is 0 Å². The Balaban J connectivity index is 1.73. The summed E-state index contributed by atoms with van der Waals surface area (Å²) in [6.07, 6.45) is 1.61. The molecule has 130 valence electrons. The summed E-state index contributed by atoms with van der Waals surface area (Å²) >= 11 is 1.64. The topological polar surface area (TPSA) is 47.0 Å². The molecule has 0 aliphatic heterocycles. The standard InChI is InChI=1S/C21H19N3OS/c1-3-25-17-10-8-16(9-11-17)24-20-19-18(12-26-21(19)23-13-22-20)15-6-4-14(2)5-7-15/h4-13H,3H2,1-2H3,(H,22,23,24). The van der Waals surface area contributed by atoms with Crippen molar-refractivity contribution < 1.29 is 4.74 Å². The van der Waals surface area contributed by atoms with Gasteiger partial charge in [-0.15, -0.1) is 11.3 Å². The molecule has 4 rings (SSSR count). The molecule has 2 aromatic heterocycles. The quantitative estimate of drug-likeness (QED) is 0.487. The van der Waals surface area contributed by atoms with E-state index in [2.05, 4.69) is 51.9 Å². The Morgan fingerprint density at radius 2 is 1.77 bits per heavy atom. The van der Waals surface area contributed by atoms with Crippen LogP contribution in [0.2, 0.25) is 0 Å². The molecule has 0 saturated heterocycles. The largest absolute Gasteiger partial charge is 0.494 e. The second-order valence-corrected chi connectivity index (χ2v) is 6.86. The third kappa shape index (κ3) is 3.26. The van der Waals surface area contributed by atoms with Crippen LogP contribution >= 0.6 is 11.3 Å². The lowest BCUT2D eigenvalue weighted by Crippen LogP contribution is -1.96. The summed E-state index contributed by atoms with van der Waals surface area (Å²) in [5.41, 5.74) is 4.54. The van der Waals surface area contributed by atoms with Crippen LogP contribution in [0.4, 0.5) is 11.5 Å². The molecule has 0 aliphatic rings. The number of aryl methyl sites for hydroxylation is 1. The molecule has 5 heteroatoms. The first-order valence-electron chi connectivity index (χ1n) is 8.53. The number of benzene rings is 2. The lowest BCUT2D eigenvalue weighted by atomic mass is 10.0. The third-order valence-electron chi connectivity index (χ3n) is 4.16. The lowest BCUT2D eigenvalue weighted by Gasteiger charge is -2.09. The molecule has 0 radical (unpaired) electrons. The molecule has 0 spiro atoms. The molecule has 0 atom stereocenters. The van der Waals surface area contributed by atoms with Crippen molar-refractivity contribution in [2.75, 3.05) is 11.9 Å². The predicted octanol–water partition coefficient (Wildman–Crippen LogP) is 5.81. The van der Waals surface area contributed by atoms with Crippen molar-refractivity contribution in [2.24, 2.45) is 0 Å². The maximum Gasteiger partial charge on any atom is 0.143 e. The van der Waals surface area contributed by atoms with Crippen molar-refractivity contribution in [2.45, 2.75) is 13.8 Å². The van der Waals surface area contributed by atoms with Gasteiger partial charge in [0.1, 0.15) is 22.7 Å². The zero-order valence-electron chi connectivity index (χ0n) is 14.7. The van der Waals surface area contributed by atoms with Gasteiger partial charge < -0.3 is 10.1 Å². The average Bonchev–Trinajstić information content (AvgIpc) is 3.09. The SMILES string of the molecule is CCOc1ccc(Nc2ncnc3scc(-c4ccc(C)cc4)c23)cc1. The van der Waals surface area contributed by atoms with E-state index in [0.717, 1.165) is 33.0 Å². The fourth-order valence-corrected chi connectivity index (χ4v) is 3.77. The van der Waals surface area contributed by atoms with Crippen LogP contribution in [0.25, 0.3) is 21.3 Å². The maximum absolute atomic E-state index is 5.50. The first kappa shape index (κ1) is 16.5. The Morgan fingerprint density at radius 3 is 2.50 bits per heavy atom. The number of hydrogen-bond donors (Lipinski definition) is 1. The van der Waals surface area contributed by atoms with E-state index in [1.807, 2.05) is 31.2 Å². The number of nitrogens with zero attached hydrogens (tertiary/aromatic N) is 2. The number of ether oxygens (including phenoxy) is 1. The number of nitrogens with one attached hydrogen (secondary N) is 1. The van der Waals surface area contributed by atoms with Gasteiger partial charge in [-0.25, -0.2) is 9.97 Å². The van der Waals surface area contributed by atoms with Gasteiger partial charge in [0.15, 0.2) is 0 Å². The van der Waals surface area contributed by atoms with E-state index in [1.54, 1.807) is 17.7 Å². The predicted molar refractivity (Wildman–Crippen MR) is 108 cm³/mol. The minimum absolute atomic E-state index is 0.661. The smallest absolute Gasteiger partial charge is 0.143 e. The molecule has 4 nitrogen and oxygen atoms in total. The van der Waals surface area contributed by atoms with E-state index in [-0.39, 0.29) is 0 Å². The first-order valence-corrected chi connectivity index (χ1v) is 9.41. The van der Waals surface area contributed by atoms with Crippen molar-refractivity contribution >= 4 is 33.1 Å². The molecule has 0 aliphatic carbocycles. The summed E-state index contributed by atoms with van der Waals surface area (Å²) in [6, 6.07) is 16.4. The lowest BCUT2D eigenvalue weighted by molar-refractivity contribution is 0.340. The Hall–Kier alpha value is -2.92. The van der Waals surface area contributed by atoms with Crippen molar-refractivity contribution in [3.63, 3.8) is 0 Å². The van der Waals surface area contributed by atoms with Gasteiger partial charge in [0.05, 0.1) is 12.0 Å². The number of anilines is 2. The Labute approximate surface area is 156 Å². The molecular formula is C21H19N3OS. The van der Waals surface area contributed by atoms with Gasteiger partial charge >= 0.3 is 0 Å². The number of thiophene rings is 1. The van der Waals surface area contributed by atoms with E-state index < -0.39 is 0 Å². The molecule has 2 heterocycles. The van der Waals surface area contributed by atoms with Gasteiger partial charge in [0.2, 0.25) is 0 Å². The van der Waals surface area contributed by atoms with Gasteiger partial charge in [-0.05, 0) is 43.7 Å². The van der Waals surface area contributed by atoms with Crippen LogP contribution < -0.4 is 10.1 Å². The first-order chi connectivity index (χ1) is 12.7. The monoisotopic (exact) mass is 361 g/mol. The van der Waals surface area contributed by atoms with E-state index in [9.17, 15) is 0 Å². The molecule has 0 bridgehead atoms. The highest BCUT2D eigenvalue weighted by molar-refractivity contribution is 7.17. The summed E-state index contributed by atoms with van der Waals surface area (Å²) in [4.78, 5) is 9.90. The fourth-order valence-electron chi connectivity index (χ4n) is 2.85. The molecule has 0 saturated carbocycles. The van der Waals surface area contributed by atoms with E-state index in [4.69, 9.17) is 4.74 Å². The molecule has 0 amide bonds. The zero-order valence-corrected chi connectivity index (χ0v) is 15.5. The number of hydrogen-bond acceptors (Lipinski definition) is 5. The second-order valence-electron chi connectivity index (χ2n) is 6.00. The van der Waals surface area contributed by atoms with Crippen LogP contribution in [0.15, 0.2) is 60.2 Å². The molecule has 26 heavy (non-hydrogen) atoms. The minimum Gasteiger partial charge on any atom is -0.494 e. The van der Waals surface area contributed by atoms with Gasteiger partial charge in [0.25, 0.3) is 0 Å². The van der Waals surface area contributed by atoms with Crippen LogP contribution in [0.1, 0.15) is 12.5 Å². The Morgan fingerprint density at radius 1 is 1.00 bits per heavy atom. The van der Waals surface area contributed by atoms with Crippen molar-refractivity contribution in [3.8, 4) is 16.9 Å². The maximum atomic E-state index is 5.50. The third-order valence-corrected chi connectivity index (χ3v) is 5.05. The number of fused-ring (bicyclic) bond motifs is 1. The average molecular weight is 361 g/mol. The molecule has 4 aromatic rings. The molecule has 0 unspecified atom stereocenters. The van der Waals surface area contributed by atoms with Gasteiger partial charge in [0, 0.05) is 16.6 Å². The van der Waals surface area contributed by atoms with Crippen molar-refractivity contribution in [1.29, 1.82) is 0 Å². The number of rotatable bonds is 5. The molecule has 1 N–H and O–H groups in total. The minimum atomic E-state index is 0.661. The normalized spacial score (nSPS) is 10.8. The van der Waals surface area contributed by atoms with Crippen LogP contribution in [0, 0.1) is 6.92 Å². The number of aromatic nitrogens is 2. The van der Waals surface area contributed by atoms with Gasteiger partial charge in [-0.1, -0.05) is 29.8 Å². The van der Waals surface area contributed by atoms with E-state index >= 15 is 0 Å². The van der Waals surface area contributed by atoms with Gasteiger partial charge in [-0.2, -0.15) is 0 Å². The van der Waals surface area contributed by atoms with Crippen molar-refractivity contribution in [1.82, 2.24) is 9.97 Å². The summed E-state index contributed by atoms with van der Waals surface area (Å²) in [7, 11) is 0. The van der Waals surface area contributed by atoms with E-state index in [0.29, 0.717) is 6.61 Å². The van der Waals surface area contributed by atoms with Crippen molar-refractivity contribution in [3.05, 3.63) is 65.8 Å². The summed E-state index contributed by atoms with van der Waals surface area (Å²) in [6.45, 7) is 4.73. The van der Waals surface area contributed by atoms with Crippen LogP contribution in [-0.4, -0.2) is 16.6 Å². The highest BCUT2D eigenvalue weighted by Crippen LogP contribution is 2.37. The highest BCUT2D eigenvalue weighted by Gasteiger charge is 2.13. The Kier molecular flexibility index (Phi) is 4.54. The van der Waals surface area contributed by atoms with Crippen LogP contribution in [-0.2, 0) is 0 Å². The van der Waals surface area contributed by atoms with Crippen LogP contribution in [0.5, 0.6) is 5.75 Å². The van der Waals surface area contributed by atoms with E-state index in [1.165, 1.54) is 11.1 Å². The summed E-state index contributed by atoms with van der Waals surface area (Å²) in [5.74, 6) is 1.68. The highest BCUT2D eigenvalue weighted by atomic mass is 32.1. The molecular weight excluding hydrogens is 342 g/mol. The Bertz CT molecular complexity index is 1020. The summed E-state index contributed by atoms with van der Waals surface area (Å²) in [5, 5.41) is 6.62. The zero-order chi connectivity index (χ0) is 17.9. The second kappa shape index (κ2) is 7.14. The molecule has 2 aromatic carbocycles. The summed E-state index contributed by atoms with van der Waals surface area (Å²) < 4.78 is 5.50. The van der Waals surface area contributed by atoms with Gasteiger partial charge in [-0.3, -0.25) is 0 Å². The fraction of sp³-hybridized carbons (Fsp3) is 0.143.